The van der Waals surface area contributed by atoms with Crippen molar-refractivity contribution in [1.82, 2.24) is 0 Å². The maximum atomic E-state index is 11.7. The predicted molar refractivity (Wildman–Crippen MR) is 299 cm³/mol. The van der Waals surface area contributed by atoms with Crippen LogP contribution in [0.3, 0.4) is 0 Å². The molecule has 0 bridgehead atoms. The van der Waals surface area contributed by atoms with Gasteiger partial charge in [0.2, 0.25) is 23.6 Å². The molecule has 552 valence electrons. The Morgan fingerprint density at radius 1 is 0.300 bits per heavy atom. The van der Waals surface area contributed by atoms with Gasteiger partial charge in [0.1, 0.15) is 0 Å². The van der Waals surface area contributed by atoms with Crippen LogP contribution in [-0.2, 0) is 117 Å². The maximum absolute atomic E-state index is 11.7. The molecule has 0 saturated carbocycles. The summed E-state index contributed by atoms with van der Waals surface area (Å²) in [4.78, 5) is 182. The van der Waals surface area contributed by atoms with E-state index < -0.39 is 253 Å². The van der Waals surface area contributed by atoms with Crippen molar-refractivity contribution in [3.05, 3.63) is 0 Å². The Kier molecular flexibility index (Phi) is 52.8. The van der Waals surface area contributed by atoms with Crippen LogP contribution in [-0.4, -0.2) is 209 Å². The monoisotopic (exact) mass is 1560 g/mol. The van der Waals surface area contributed by atoms with E-state index in [1.807, 2.05) is 0 Å². The first-order valence-corrected chi connectivity index (χ1v) is 33.0. The van der Waals surface area contributed by atoms with E-state index in [-0.39, 0.29) is 170 Å². The molecule has 0 aliphatic rings. The van der Waals surface area contributed by atoms with Crippen molar-refractivity contribution in [3.63, 3.8) is 0 Å². The summed E-state index contributed by atoms with van der Waals surface area (Å²) in [6.45, 7) is 6.22. The average molecular weight is 1570 g/mol. The third-order valence-electron chi connectivity index (χ3n) is 14.6. The summed E-state index contributed by atoms with van der Waals surface area (Å²) in [7, 11) is -21.9. The van der Waals surface area contributed by atoms with Crippen LogP contribution in [0, 0.1) is 45.3 Å². The van der Waals surface area contributed by atoms with Gasteiger partial charge in [0, 0.05) is 0 Å². The summed E-state index contributed by atoms with van der Waals surface area (Å²) in [6.07, 6.45) is -7.56. The summed E-state index contributed by atoms with van der Waals surface area (Å²) in [5, 5.41) is 107. The number of primary amides is 4. The molecule has 12 unspecified atom stereocenters. The third kappa shape index (κ3) is 31.2. The molecule has 0 aromatic heterocycles. The molecular formula is C48H72N4Na4O40S4. The summed E-state index contributed by atoms with van der Waals surface area (Å²) in [6, 6.07) is 0. The SMILES string of the molecule is CCCCC(C(=O)[O-])(C(CC(=O)O)C(=O)O)C(C(N)=O)S(=O)(=O)O.CCCCC(C(=O)[O-])(C(CC(=O)O)C(=O)O)C(C(N)=O)S(=O)(=O)O.CCCCC(C(=O)[O-])(C(CC(=O)O)C(=O)O)C(C(N)=O)S(=O)(=O)O.CCCCC(C(=O)[O-])(C(CC(=O)O)C(=O)O)C(C(N)=O)S(=O)(=O)O.[Na+].[Na+].[Na+].[Na+]. The zero-order valence-electron chi connectivity index (χ0n) is 54.7. The average Bonchev–Trinajstić information content (AvgIpc) is 0.776. The molecule has 0 radical (unpaired) electrons. The van der Waals surface area contributed by atoms with Gasteiger partial charge in [0.25, 0.3) is 40.5 Å². The second kappa shape index (κ2) is 47.5. The first kappa shape index (κ1) is 111. The molecule has 52 heteroatoms. The minimum Gasteiger partial charge on any atom is -0.549 e. The Morgan fingerprint density at radius 3 is 0.480 bits per heavy atom. The van der Waals surface area contributed by atoms with Crippen LogP contribution in [0.25, 0.3) is 0 Å². The van der Waals surface area contributed by atoms with E-state index in [4.69, 9.17) is 43.4 Å². The number of carboxylic acids is 12. The van der Waals surface area contributed by atoms with Gasteiger partial charge < -0.3 is 103 Å². The molecule has 44 nitrogen and oxygen atoms in total. The molecule has 0 fully saturated rings. The van der Waals surface area contributed by atoms with Gasteiger partial charge in [0.05, 0.1) is 94.9 Å². The quantitative estimate of drug-likeness (QED) is 0.0199. The van der Waals surface area contributed by atoms with E-state index in [0.717, 1.165) is 0 Å². The van der Waals surface area contributed by atoms with E-state index in [9.17, 15) is 169 Å². The smallest absolute Gasteiger partial charge is 0.549 e. The zero-order chi connectivity index (χ0) is 77.2. The van der Waals surface area contributed by atoms with Gasteiger partial charge in [-0.25, -0.2) is 0 Å². The standard InChI is InChI=1S/4C12H19NO10S.4Na/c4*1-2-3-4-12(11(19)20,6(10(17)18)5-7(14)15)8(9(13)16)24(21,22)23;;;;/h4*6,8H,2-5H2,1H3,(H2,13,16)(H,14,15)(H,17,18)(H,19,20)(H,21,22,23);;;;/q;;;;4*+1/p-4. The topological polar surface area (TPSA) is 849 Å². The van der Waals surface area contributed by atoms with E-state index >= 15 is 0 Å². The first-order valence-electron chi connectivity index (χ1n) is 26.9. The second-order valence-corrected chi connectivity index (χ2v) is 26.9. The van der Waals surface area contributed by atoms with Crippen molar-refractivity contribution in [2.45, 2.75) is 151 Å². The molecule has 0 rings (SSSR count). The molecule has 0 aliphatic carbocycles. The van der Waals surface area contributed by atoms with Gasteiger partial charge >= 0.3 is 166 Å². The van der Waals surface area contributed by atoms with Crippen molar-refractivity contribution in [2.24, 2.45) is 68.3 Å². The van der Waals surface area contributed by atoms with Gasteiger partial charge in [-0.2, -0.15) is 33.7 Å². The van der Waals surface area contributed by atoms with Crippen LogP contribution in [0.2, 0.25) is 0 Å². The number of carboxylic acid groups (broad SMARTS) is 12. The minimum absolute atomic E-state index is 0. The zero-order valence-corrected chi connectivity index (χ0v) is 65.9. The van der Waals surface area contributed by atoms with Gasteiger partial charge in [0.15, 0.2) is 21.0 Å². The summed E-state index contributed by atoms with van der Waals surface area (Å²) in [5.74, 6) is -40.9. The normalized spacial score (nSPS) is 15.9. The van der Waals surface area contributed by atoms with Crippen LogP contribution < -0.4 is 162 Å². The molecule has 12 atom stereocenters. The number of hydrogen-bond donors (Lipinski definition) is 16. The van der Waals surface area contributed by atoms with Crippen LogP contribution in [0.1, 0.15) is 130 Å². The predicted octanol–water partition coefficient (Wildman–Crippen LogP) is -20.7. The number of hydrogen-bond acceptors (Lipinski definition) is 28. The number of nitrogens with two attached hydrogens (primary N) is 4. The Labute approximate surface area is 657 Å². The Bertz CT molecular complexity index is 2980. The summed E-state index contributed by atoms with van der Waals surface area (Å²) < 4.78 is 129. The maximum Gasteiger partial charge on any atom is 1.00 e. The van der Waals surface area contributed by atoms with Crippen molar-refractivity contribution in [1.29, 1.82) is 0 Å². The van der Waals surface area contributed by atoms with Crippen molar-refractivity contribution >= 4 is 136 Å². The van der Waals surface area contributed by atoms with Gasteiger partial charge in [-0.3, -0.25) is 75.7 Å². The molecule has 20 N–H and O–H groups in total. The summed E-state index contributed by atoms with van der Waals surface area (Å²) in [5.41, 5.74) is 7.34. The van der Waals surface area contributed by atoms with Crippen LogP contribution in [0.15, 0.2) is 0 Å². The molecule has 4 amide bonds. The summed E-state index contributed by atoms with van der Waals surface area (Å²) >= 11 is 0. The van der Waals surface area contributed by atoms with Crippen molar-refractivity contribution in [3.8, 4) is 0 Å². The van der Waals surface area contributed by atoms with Crippen LogP contribution >= 0.6 is 0 Å². The molecule has 0 spiro atoms. The molecular weight excluding hydrogens is 1490 g/mol. The number of unbranched alkanes of at least 4 members (excludes halogenated alkanes) is 4. The van der Waals surface area contributed by atoms with Gasteiger partial charge in [-0.1, -0.05) is 79.1 Å². The molecule has 100 heavy (non-hydrogen) atoms. The van der Waals surface area contributed by atoms with E-state index in [1.54, 1.807) is 27.7 Å². The fraction of sp³-hybridized carbons (Fsp3) is 0.667. The molecule has 0 aromatic carbocycles. The third-order valence-corrected chi connectivity index (χ3v) is 19.6. The first-order chi connectivity index (χ1) is 43.3. The van der Waals surface area contributed by atoms with Crippen LogP contribution in [0.4, 0.5) is 0 Å². The van der Waals surface area contributed by atoms with Gasteiger partial charge in [-0.15, -0.1) is 0 Å². The Balaban J connectivity index is -0.000000186. The number of amides is 4. The number of carbonyl (C=O) groups excluding carboxylic acids is 8. The fourth-order valence-electron chi connectivity index (χ4n) is 10.6. The molecule has 0 aliphatic heterocycles. The second-order valence-electron chi connectivity index (χ2n) is 20.9. The fourth-order valence-corrected chi connectivity index (χ4v) is 15.4. The van der Waals surface area contributed by atoms with E-state index in [0.29, 0.717) is 0 Å². The number of carbonyl (C=O) groups is 16. The molecule has 0 saturated heterocycles. The largest absolute Gasteiger partial charge is 1.00 e. The molecule has 0 aromatic rings. The van der Waals surface area contributed by atoms with Gasteiger partial charge in [-0.05, 0) is 25.7 Å². The van der Waals surface area contributed by atoms with Crippen LogP contribution in [0.5, 0.6) is 0 Å². The Morgan fingerprint density at radius 2 is 0.420 bits per heavy atom. The Hall–Kier alpha value is -4.84. The number of rotatable bonds is 44. The number of aliphatic carboxylic acids is 12. The van der Waals surface area contributed by atoms with Crippen molar-refractivity contribution in [2.75, 3.05) is 0 Å². The van der Waals surface area contributed by atoms with E-state index in [2.05, 4.69) is 0 Å². The molecule has 0 heterocycles. The minimum atomic E-state index is -5.46. The van der Waals surface area contributed by atoms with Crippen molar-refractivity contribution < 1.29 is 308 Å². The van der Waals surface area contributed by atoms with E-state index in [1.165, 1.54) is 0 Å².